The van der Waals surface area contributed by atoms with Crippen LogP contribution in [0.25, 0.3) is 0 Å². The summed E-state index contributed by atoms with van der Waals surface area (Å²) >= 11 is 0. The van der Waals surface area contributed by atoms with Crippen LogP contribution in [0.5, 0.6) is 0 Å². The first kappa shape index (κ1) is 13.1. The molecule has 0 amide bonds. The quantitative estimate of drug-likeness (QED) is 0.799. The van der Waals surface area contributed by atoms with Crippen molar-refractivity contribution in [3.8, 4) is 0 Å². The largest absolute Gasteiger partial charge is 0.370 e. The molecule has 3 N–H and O–H groups in total. The highest BCUT2D eigenvalue weighted by molar-refractivity contribution is 5.48. The lowest BCUT2D eigenvalue weighted by Crippen LogP contribution is -2.33. The molecule has 0 radical (unpaired) electrons. The average Bonchev–Trinajstić information content (AvgIpc) is 2.26. The van der Waals surface area contributed by atoms with E-state index in [1.54, 1.807) is 6.33 Å². The van der Waals surface area contributed by atoms with Gasteiger partial charge >= 0.3 is 0 Å². The predicted octanol–water partition coefficient (Wildman–Crippen LogP) is 1.47. The number of aromatic nitrogens is 2. The molecule has 1 heterocycles. The van der Waals surface area contributed by atoms with Crippen LogP contribution in [-0.2, 0) is 0 Å². The maximum atomic E-state index is 5.79. The number of rotatable bonds is 6. The Labute approximate surface area is 109 Å². The third kappa shape index (κ3) is 3.57. The number of nitrogens with two attached hydrogens (primary N) is 1. The molecule has 1 aliphatic carbocycles. The van der Waals surface area contributed by atoms with Gasteiger partial charge in [0.25, 0.3) is 0 Å². The third-order valence-electron chi connectivity index (χ3n) is 3.40. The molecule has 1 fully saturated rings. The van der Waals surface area contributed by atoms with Gasteiger partial charge in [0.1, 0.15) is 18.0 Å². The molecule has 1 aliphatic rings. The first-order valence-electron chi connectivity index (χ1n) is 6.68. The molecule has 0 saturated heterocycles. The Hall–Kier alpha value is -1.36. The van der Waals surface area contributed by atoms with Gasteiger partial charge in [0.2, 0.25) is 0 Å². The summed E-state index contributed by atoms with van der Waals surface area (Å²) in [5.41, 5.74) is 5.79. The summed E-state index contributed by atoms with van der Waals surface area (Å²) in [6.07, 6.45) is 5.67. The van der Waals surface area contributed by atoms with Crippen molar-refractivity contribution in [3.63, 3.8) is 0 Å². The highest BCUT2D eigenvalue weighted by Crippen LogP contribution is 2.26. The van der Waals surface area contributed by atoms with Crippen LogP contribution in [0.2, 0.25) is 0 Å². The molecular weight excluding hydrogens is 226 g/mol. The van der Waals surface area contributed by atoms with E-state index < -0.39 is 0 Å². The van der Waals surface area contributed by atoms with E-state index in [0.29, 0.717) is 0 Å². The van der Waals surface area contributed by atoms with Crippen molar-refractivity contribution >= 4 is 11.6 Å². The van der Waals surface area contributed by atoms with Crippen molar-refractivity contribution in [2.24, 2.45) is 11.7 Å². The van der Waals surface area contributed by atoms with Crippen molar-refractivity contribution in [1.82, 2.24) is 9.97 Å². The number of hydrogen-bond donors (Lipinski definition) is 2. The van der Waals surface area contributed by atoms with Gasteiger partial charge in [-0.25, -0.2) is 9.97 Å². The lowest BCUT2D eigenvalue weighted by Gasteiger charge is -2.26. The van der Waals surface area contributed by atoms with Crippen molar-refractivity contribution in [2.45, 2.75) is 32.2 Å². The molecule has 0 bridgehead atoms. The van der Waals surface area contributed by atoms with Crippen molar-refractivity contribution < 1.29 is 0 Å². The molecule has 0 aromatic carbocycles. The van der Waals surface area contributed by atoms with Crippen LogP contribution in [-0.4, -0.2) is 36.1 Å². The second-order valence-corrected chi connectivity index (χ2v) is 5.30. The van der Waals surface area contributed by atoms with Crippen LogP contribution in [0.15, 0.2) is 12.4 Å². The van der Waals surface area contributed by atoms with Gasteiger partial charge in [-0.1, -0.05) is 6.42 Å². The highest BCUT2D eigenvalue weighted by atomic mass is 15.2. The van der Waals surface area contributed by atoms with Crippen molar-refractivity contribution in [3.05, 3.63) is 12.4 Å². The summed E-state index contributed by atoms with van der Waals surface area (Å²) in [6, 6.07) is 2.12. The first-order valence-corrected chi connectivity index (χ1v) is 6.68. The molecule has 2 rings (SSSR count). The summed E-state index contributed by atoms with van der Waals surface area (Å²) in [6.45, 7) is 3.81. The van der Waals surface area contributed by atoms with E-state index in [1.165, 1.54) is 19.3 Å². The summed E-state index contributed by atoms with van der Waals surface area (Å²) < 4.78 is 0. The van der Waals surface area contributed by atoms with E-state index in [1.807, 2.05) is 20.0 Å². The normalized spacial score (nSPS) is 17.1. The van der Waals surface area contributed by atoms with E-state index in [2.05, 4.69) is 20.2 Å². The van der Waals surface area contributed by atoms with Gasteiger partial charge in [-0.15, -0.1) is 0 Å². The molecule has 1 unspecified atom stereocenters. The fraction of sp³-hybridized carbons (Fsp3) is 0.692. The summed E-state index contributed by atoms with van der Waals surface area (Å²) in [7, 11) is 2.00. The lowest BCUT2D eigenvalue weighted by atomic mass is 9.85. The predicted molar refractivity (Wildman–Crippen MR) is 74.8 cm³/mol. The molecule has 100 valence electrons. The van der Waals surface area contributed by atoms with Gasteiger partial charge < -0.3 is 16.0 Å². The topological polar surface area (TPSA) is 67.1 Å². The van der Waals surface area contributed by atoms with E-state index in [-0.39, 0.29) is 6.04 Å². The number of anilines is 2. The molecule has 1 aromatic rings. The average molecular weight is 249 g/mol. The Morgan fingerprint density at radius 2 is 2.28 bits per heavy atom. The SMILES string of the molecule is CC(N)CN(C)c1cc(NCC2CCC2)ncn1. The van der Waals surface area contributed by atoms with E-state index in [9.17, 15) is 0 Å². The molecule has 0 spiro atoms. The molecule has 0 aliphatic heterocycles. The summed E-state index contributed by atoms with van der Waals surface area (Å²) in [5.74, 6) is 2.65. The Morgan fingerprint density at radius 3 is 2.89 bits per heavy atom. The highest BCUT2D eigenvalue weighted by Gasteiger charge is 2.17. The third-order valence-corrected chi connectivity index (χ3v) is 3.40. The standard InChI is InChI=1S/C13H23N5/c1-10(14)8-18(2)13-6-12(16-9-17-13)15-7-11-4-3-5-11/h6,9-11H,3-5,7-8,14H2,1-2H3,(H,15,16,17). The van der Waals surface area contributed by atoms with Gasteiger partial charge in [0.05, 0.1) is 0 Å². The minimum atomic E-state index is 0.136. The van der Waals surface area contributed by atoms with Crippen LogP contribution in [0.1, 0.15) is 26.2 Å². The van der Waals surface area contributed by atoms with Gasteiger partial charge in [-0.3, -0.25) is 0 Å². The van der Waals surface area contributed by atoms with Gasteiger partial charge in [-0.05, 0) is 25.7 Å². The Kier molecular flexibility index (Phi) is 4.36. The molecule has 1 aromatic heterocycles. The zero-order valence-corrected chi connectivity index (χ0v) is 11.3. The first-order chi connectivity index (χ1) is 8.65. The molecule has 1 atom stereocenters. The fourth-order valence-corrected chi connectivity index (χ4v) is 2.12. The molecule has 5 heteroatoms. The molecule has 1 saturated carbocycles. The zero-order chi connectivity index (χ0) is 13.0. The Balaban J connectivity index is 1.91. The van der Waals surface area contributed by atoms with Gasteiger partial charge in [0, 0.05) is 32.2 Å². The zero-order valence-electron chi connectivity index (χ0n) is 11.3. The second kappa shape index (κ2) is 6.00. The van der Waals surface area contributed by atoms with Crippen LogP contribution in [0.4, 0.5) is 11.6 Å². The minimum absolute atomic E-state index is 0.136. The number of nitrogens with one attached hydrogen (secondary N) is 1. The molecule has 18 heavy (non-hydrogen) atoms. The van der Waals surface area contributed by atoms with Crippen molar-refractivity contribution in [2.75, 3.05) is 30.4 Å². The van der Waals surface area contributed by atoms with Gasteiger partial charge in [-0.2, -0.15) is 0 Å². The number of likely N-dealkylation sites (N-methyl/N-ethyl adjacent to an activating group) is 1. The Morgan fingerprint density at radius 1 is 1.50 bits per heavy atom. The maximum Gasteiger partial charge on any atom is 0.133 e. The maximum absolute atomic E-state index is 5.79. The van der Waals surface area contributed by atoms with Crippen molar-refractivity contribution in [1.29, 1.82) is 0 Å². The summed E-state index contributed by atoms with van der Waals surface area (Å²) in [4.78, 5) is 10.6. The van der Waals surface area contributed by atoms with Crippen LogP contribution < -0.4 is 16.0 Å². The van der Waals surface area contributed by atoms with Crippen LogP contribution in [0, 0.1) is 5.92 Å². The van der Waals surface area contributed by atoms with Gasteiger partial charge in [0.15, 0.2) is 0 Å². The molecule has 5 nitrogen and oxygen atoms in total. The van der Waals surface area contributed by atoms with E-state index in [0.717, 1.165) is 30.6 Å². The summed E-state index contributed by atoms with van der Waals surface area (Å²) in [5, 5.41) is 3.39. The number of nitrogens with zero attached hydrogens (tertiary/aromatic N) is 3. The molecular formula is C13H23N5. The second-order valence-electron chi connectivity index (χ2n) is 5.30. The lowest BCUT2D eigenvalue weighted by molar-refractivity contribution is 0.333. The smallest absolute Gasteiger partial charge is 0.133 e. The van der Waals surface area contributed by atoms with Crippen LogP contribution in [0.3, 0.4) is 0 Å². The fourth-order valence-electron chi connectivity index (χ4n) is 2.12. The van der Waals surface area contributed by atoms with Crippen LogP contribution >= 0.6 is 0 Å². The minimum Gasteiger partial charge on any atom is -0.370 e. The van der Waals surface area contributed by atoms with E-state index in [4.69, 9.17) is 5.73 Å². The van der Waals surface area contributed by atoms with E-state index >= 15 is 0 Å². The monoisotopic (exact) mass is 249 g/mol. The Bertz CT molecular complexity index is 375. The number of hydrogen-bond acceptors (Lipinski definition) is 5.